The molecule has 0 aliphatic carbocycles. The number of amides is 1. The predicted octanol–water partition coefficient (Wildman–Crippen LogP) is 2.09. The van der Waals surface area contributed by atoms with Crippen molar-refractivity contribution in [3.05, 3.63) is 71.8 Å². The molecule has 1 fully saturated rings. The molecule has 1 aromatic carbocycles. The minimum absolute atomic E-state index is 0.136. The Morgan fingerprint density at radius 3 is 2.48 bits per heavy atom. The number of hydrogen-bond donors (Lipinski definition) is 1. The van der Waals surface area contributed by atoms with Gasteiger partial charge in [-0.05, 0) is 43.5 Å². The summed E-state index contributed by atoms with van der Waals surface area (Å²) in [6.45, 7) is 2.86. The van der Waals surface area contributed by atoms with E-state index in [4.69, 9.17) is 0 Å². The highest BCUT2D eigenvalue weighted by Crippen LogP contribution is 2.32. The van der Waals surface area contributed by atoms with Crippen molar-refractivity contribution in [2.24, 2.45) is 0 Å². The van der Waals surface area contributed by atoms with Gasteiger partial charge in [0.2, 0.25) is 0 Å². The zero-order valence-electron chi connectivity index (χ0n) is 15.1. The largest absolute Gasteiger partial charge is 0.383 e. The van der Waals surface area contributed by atoms with Crippen LogP contribution >= 0.6 is 0 Å². The fraction of sp³-hybridized carbons (Fsp3) is 0.300. The third-order valence-corrected chi connectivity index (χ3v) is 5.04. The Labute approximate surface area is 157 Å². The number of aromatic nitrogens is 4. The number of hydrogen-bond acceptors (Lipinski definition) is 5. The monoisotopic (exact) mass is 363 g/mol. The van der Waals surface area contributed by atoms with Crippen LogP contribution in [0, 0.1) is 6.92 Å². The standard InChI is InChI=1S/C20H21N5O2/c1-15-7-8-18(21-13-15)20(27)9-11-24(12-10-20)19(26)17-14-22-23-25(17)16-5-3-2-4-6-16/h2-8,13-14,27H,9-12H2,1H3. The number of piperidine rings is 1. The summed E-state index contributed by atoms with van der Waals surface area (Å²) in [4.78, 5) is 19.1. The number of rotatable bonds is 3. The van der Waals surface area contributed by atoms with Crippen LogP contribution in [0.5, 0.6) is 0 Å². The van der Waals surface area contributed by atoms with Crippen LogP contribution in [0.3, 0.4) is 0 Å². The summed E-state index contributed by atoms with van der Waals surface area (Å²) in [5.41, 5.74) is 1.92. The van der Waals surface area contributed by atoms with Gasteiger partial charge in [-0.1, -0.05) is 29.5 Å². The van der Waals surface area contributed by atoms with Gasteiger partial charge in [0, 0.05) is 19.3 Å². The first-order valence-electron chi connectivity index (χ1n) is 8.98. The zero-order valence-corrected chi connectivity index (χ0v) is 15.1. The van der Waals surface area contributed by atoms with Gasteiger partial charge in [-0.25, -0.2) is 4.68 Å². The highest BCUT2D eigenvalue weighted by Gasteiger charge is 2.37. The van der Waals surface area contributed by atoms with E-state index in [2.05, 4.69) is 15.3 Å². The van der Waals surface area contributed by atoms with Gasteiger partial charge in [-0.3, -0.25) is 9.78 Å². The van der Waals surface area contributed by atoms with Crippen molar-refractivity contribution in [2.45, 2.75) is 25.4 Å². The molecule has 1 aliphatic rings. The molecule has 138 valence electrons. The summed E-state index contributed by atoms with van der Waals surface area (Å²) < 4.78 is 1.55. The molecular weight excluding hydrogens is 342 g/mol. The van der Waals surface area contributed by atoms with Gasteiger partial charge in [-0.15, -0.1) is 5.10 Å². The second-order valence-corrected chi connectivity index (χ2v) is 6.91. The number of carbonyl (C=O) groups excluding carboxylic acids is 1. The van der Waals surface area contributed by atoms with E-state index >= 15 is 0 Å². The third-order valence-electron chi connectivity index (χ3n) is 5.04. The average Bonchev–Trinajstić information content (AvgIpc) is 3.19. The van der Waals surface area contributed by atoms with E-state index < -0.39 is 5.60 Å². The van der Waals surface area contributed by atoms with Gasteiger partial charge in [0.05, 0.1) is 17.6 Å². The lowest BCUT2D eigenvalue weighted by Crippen LogP contribution is -2.46. The predicted molar refractivity (Wildman–Crippen MR) is 99.4 cm³/mol. The fourth-order valence-corrected chi connectivity index (χ4v) is 3.38. The average molecular weight is 363 g/mol. The van der Waals surface area contributed by atoms with Crippen LogP contribution in [0.2, 0.25) is 0 Å². The molecule has 3 aromatic rings. The smallest absolute Gasteiger partial charge is 0.274 e. The molecule has 1 aliphatic heterocycles. The van der Waals surface area contributed by atoms with Crippen LogP contribution in [0.15, 0.2) is 54.9 Å². The molecular formula is C20H21N5O2. The molecule has 0 spiro atoms. The Hall–Kier alpha value is -3.06. The van der Waals surface area contributed by atoms with Crippen molar-refractivity contribution in [3.8, 4) is 5.69 Å². The van der Waals surface area contributed by atoms with Gasteiger partial charge in [0.1, 0.15) is 5.60 Å². The summed E-state index contributed by atoms with van der Waals surface area (Å²) in [7, 11) is 0. The van der Waals surface area contributed by atoms with Gasteiger partial charge >= 0.3 is 0 Å². The van der Waals surface area contributed by atoms with E-state index in [-0.39, 0.29) is 5.91 Å². The summed E-state index contributed by atoms with van der Waals surface area (Å²) in [6.07, 6.45) is 4.13. The normalized spacial score (nSPS) is 16.3. The van der Waals surface area contributed by atoms with Crippen LogP contribution in [0.4, 0.5) is 0 Å². The van der Waals surface area contributed by atoms with Gasteiger partial charge < -0.3 is 10.0 Å². The van der Waals surface area contributed by atoms with Crippen molar-refractivity contribution >= 4 is 5.91 Å². The lowest BCUT2D eigenvalue weighted by molar-refractivity contribution is -0.0246. The SMILES string of the molecule is Cc1ccc(C2(O)CCN(C(=O)c3cnnn3-c3ccccc3)CC2)nc1. The molecule has 0 saturated carbocycles. The Balaban J connectivity index is 1.50. The second-order valence-electron chi connectivity index (χ2n) is 6.91. The first-order chi connectivity index (χ1) is 13.1. The molecule has 0 unspecified atom stereocenters. The summed E-state index contributed by atoms with van der Waals surface area (Å²) >= 11 is 0. The molecule has 4 rings (SSSR count). The van der Waals surface area contributed by atoms with Crippen molar-refractivity contribution in [2.75, 3.05) is 13.1 Å². The maximum atomic E-state index is 13.0. The molecule has 0 bridgehead atoms. The number of nitrogens with zero attached hydrogens (tertiary/aromatic N) is 5. The number of para-hydroxylation sites is 1. The fourth-order valence-electron chi connectivity index (χ4n) is 3.38. The van der Waals surface area contributed by atoms with Crippen LogP contribution < -0.4 is 0 Å². The van der Waals surface area contributed by atoms with E-state index in [1.165, 1.54) is 6.20 Å². The topological polar surface area (TPSA) is 84.1 Å². The van der Waals surface area contributed by atoms with E-state index in [0.29, 0.717) is 37.3 Å². The van der Waals surface area contributed by atoms with E-state index in [1.54, 1.807) is 15.8 Å². The highest BCUT2D eigenvalue weighted by atomic mass is 16.3. The quantitative estimate of drug-likeness (QED) is 0.770. The maximum absolute atomic E-state index is 13.0. The molecule has 2 aromatic heterocycles. The molecule has 1 N–H and O–H groups in total. The molecule has 7 nitrogen and oxygen atoms in total. The van der Waals surface area contributed by atoms with E-state index in [9.17, 15) is 9.90 Å². The number of aliphatic hydroxyl groups is 1. The minimum atomic E-state index is -0.998. The second kappa shape index (κ2) is 6.92. The molecule has 7 heteroatoms. The van der Waals surface area contributed by atoms with E-state index in [0.717, 1.165) is 11.3 Å². The Kier molecular flexibility index (Phi) is 4.45. The molecule has 0 atom stereocenters. The van der Waals surface area contributed by atoms with Crippen LogP contribution in [0.1, 0.15) is 34.6 Å². The van der Waals surface area contributed by atoms with E-state index in [1.807, 2.05) is 49.4 Å². The first kappa shape index (κ1) is 17.4. The summed E-state index contributed by atoms with van der Waals surface area (Å²) in [6, 6.07) is 13.3. The Morgan fingerprint density at radius 1 is 1.07 bits per heavy atom. The van der Waals surface area contributed by atoms with Gasteiger partial charge in [0.15, 0.2) is 5.69 Å². The van der Waals surface area contributed by atoms with Gasteiger partial charge in [-0.2, -0.15) is 0 Å². The minimum Gasteiger partial charge on any atom is -0.383 e. The zero-order chi connectivity index (χ0) is 18.9. The summed E-state index contributed by atoms with van der Waals surface area (Å²) in [5.74, 6) is -0.136. The van der Waals surface area contributed by atoms with Crippen molar-refractivity contribution in [1.82, 2.24) is 24.9 Å². The highest BCUT2D eigenvalue weighted by molar-refractivity contribution is 5.92. The third kappa shape index (κ3) is 3.33. The first-order valence-corrected chi connectivity index (χ1v) is 8.98. The lowest BCUT2D eigenvalue weighted by atomic mass is 9.87. The number of aryl methyl sites for hydroxylation is 1. The van der Waals surface area contributed by atoms with Crippen LogP contribution in [-0.2, 0) is 5.60 Å². The van der Waals surface area contributed by atoms with Crippen molar-refractivity contribution in [3.63, 3.8) is 0 Å². The maximum Gasteiger partial charge on any atom is 0.274 e. The molecule has 27 heavy (non-hydrogen) atoms. The molecule has 0 radical (unpaired) electrons. The van der Waals surface area contributed by atoms with Crippen molar-refractivity contribution < 1.29 is 9.90 Å². The summed E-state index contributed by atoms with van der Waals surface area (Å²) in [5, 5.41) is 18.9. The van der Waals surface area contributed by atoms with Crippen LogP contribution in [-0.4, -0.2) is 49.0 Å². The molecule has 1 saturated heterocycles. The number of likely N-dealkylation sites (tertiary alicyclic amines) is 1. The molecule has 3 heterocycles. The Bertz CT molecular complexity index is 929. The van der Waals surface area contributed by atoms with Gasteiger partial charge in [0.25, 0.3) is 5.91 Å². The van der Waals surface area contributed by atoms with Crippen molar-refractivity contribution in [1.29, 1.82) is 0 Å². The lowest BCUT2D eigenvalue weighted by Gasteiger charge is -2.37. The van der Waals surface area contributed by atoms with Crippen LogP contribution in [0.25, 0.3) is 5.69 Å². The molecule has 1 amide bonds. The number of benzene rings is 1. The Morgan fingerprint density at radius 2 is 1.81 bits per heavy atom. The number of pyridine rings is 1. The number of carbonyl (C=O) groups is 1.